The number of pyridine rings is 1. The Morgan fingerprint density at radius 2 is 1.82 bits per heavy atom. The first kappa shape index (κ1) is 11.5. The van der Waals surface area contributed by atoms with Crippen LogP contribution in [0.2, 0.25) is 0 Å². The van der Waals surface area contributed by atoms with Crippen LogP contribution in [0, 0.1) is 5.41 Å². The summed E-state index contributed by atoms with van der Waals surface area (Å²) < 4.78 is 1.13. The van der Waals surface area contributed by atoms with Crippen LogP contribution in [-0.4, -0.2) is 18.1 Å². The molecule has 1 saturated heterocycles. The third-order valence-electron chi connectivity index (χ3n) is 4.25. The Bertz CT molecular complexity index is 389. The molecule has 1 aromatic rings. The second-order valence-electron chi connectivity index (χ2n) is 5.60. The highest BCUT2D eigenvalue weighted by molar-refractivity contribution is 9.10. The summed E-state index contributed by atoms with van der Waals surface area (Å²) in [6.45, 7) is 2.44. The monoisotopic (exact) mass is 294 g/mol. The van der Waals surface area contributed by atoms with Crippen molar-refractivity contribution in [3.05, 3.63) is 22.8 Å². The van der Waals surface area contributed by atoms with Crippen LogP contribution >= 0.6 is 15.9 Å². The van der Waals surface area contributed by atoms with E-state index in [4.69, 9.17) is 0 Å². The van der Waals surface area contributed by atoms with Crippen molar-refractivity contribution in [3.63, 3.8) is 0 Å². The van der Waals surface area contributed by atoms with Gasteiger partial charge in [-0.3, -0.25) is 0 Å². The van der Waals surface area contributed by atoms with E-state index in [0.29, 0.717) is 5.41 Å². The summed E-state index contributed by atoms with van der Waals surface area (Å²) in [6.07, 6.45) is 10.5. The average Bonchev–Trinajstić information content (AvgIpc) is 2.52. The van der Waals surface area contributed by atoms with Crippen molar-refractivity contribution >= 4 is 21.7 Å². The first-order chi connectivity index (χ1) is 8.27. The fraction of sp³-hybridized carbons (Fsp3) is 0.643. The lowest BCUT2D eigenvalue weighted by molar-refractivity contribution is 0.179. The molecule has 1 aliphatic heterocycles. The van der Waals surface area contributed by atoms with E-state index in [9.17, 15) is 0 Å². The molecule has 0 bridgehead atoms. The second-order valence-corrected chi connectivity index (χ2v) is 6.52. The molecular weight excluding hydrogens is 276 g/mol. The SMILES string of the molecule is Brc1ccnc(N2CC3(CCCCCC3)C2)c1. The Balaban J connectivity index is 1.67. The van der Waals surface area contributed by atoms with Gasteiger partial charge in [-0.1, -0.05) is 41.6 Å². The highest BCUT2D eigenvalue weighted by Gasteiger charge is 2.42. The van der Waals surface area contributed by atoms with Crippen molar-refractivity contribution in [1.82, 2.24) is 4.98 Å². The van der Waals surface area contributed by atoms with E-state index in [1.54, 1.807) is 0 Å². The van der Waals surface area contributed by atoms with Gasteiger partial charge in [0.1, 0.15) is 5.82 Å². The van der Waals surface area contributed by atoms with Crippen LogP contribution in [0.15, 0.2) is 22.8 Å². The lowest BCUT2D eigenvalue weighted by atomic mass is 9.73. The molecule has 0 radical (unpaired) electrons. The summed E-state index contributed by atoms with van der Waals surface area (Å²) in [5.41, 5.74) is 0.625. The van der Waals surface area contributed by atoms with Crippen molar-refractivity contribution in [1.29, 1.82) is 0 Å². The molecule has 0 atom stereocenters. The molecule has 3 heteroatoms. The molecule has 0 unspecified atom stereocenters. The molecule has 1 aromatic heterocycles. The molecule has 0 amide bonds. The topological polar surface area (TPSA) is 16.1 Å². The van der Waals surface area contributed by atoms with E-state index in [1.165, 1.54) is 51.6 Å². The van der Waals surface area contributed by atoms with Crippen molar-refractivity contribution in [2.75, 3.05) is 18.0 Å². The van der Waals surface area contributed by atoms with Gasteiger partial charge in [0.25, 0.3) is 0 Å². The van der Waals surface area contributed by atoms with Crippen molar-refractivity contribution < 1.29 is 0 Å². The van der Waals surface area contributed by atoms with Crippen LogP contribution in [-0.2, 0) is 0 Å². The van der Waals surface area contributed by atoms with E-state index < -0.39 is 0 Å². The Hall–Kier alpha value is -0.570. The van der Waals surface area contributed by atoms with Gasteiger partial charge in [0, 0.05) is 29.2 Å². The fourth-order valence-electron chi connectivity index (χ4n) is 3.29. The fourth-order valence-corrected chi connectivity index (χ4v) is 3.61. The molecule has 1 aliphatic carbocycles. The minimum absolute atomic E-state index is 0.625. The van der Waals surface area contributed by atoms with Gasteiger partial charge in [0.2, 0.25) is 0 Å². The van der Waals surface area contributed by atoms with Crippen LogP contribution in [0.1, 0.15) is 38.5 Å². The van der Waals surface area contributed by atoms with Gasteiger partial charge >= 0.3 is 0 Å². The molecule has 2 nitrogen and oxygen atoms in total. The summed E-state index contributed by atoms with van der Waals surface area (Å²) in [5, 5.41) is 0. The van der Waals surface area contributed by atoms with E-state index in [0.717, 1.165) is 10.3 Å². The van der Waals surface area contributed by atoms with Crippen LogP contribution in [0.5, 0.6) is 0 Å². The molecular formula is C14H19BrN2. The third-order valence-corrected chi connectivity index (χ3v) is 4.74. The molecule has 2 fully saturated rings. The highest BCUT2D eigenvalue weighted by Crippen LogP contribution is 2.44. The zero-order chi connectivity index (χ0) is 11.7. The Labute approximate surface area is 112 Å². The van der Waals surface area contributed by atoms with Crippen molar-refractivity contribution in [2.24, 2.45) is 5.41 Å². The predicted molar refractivity (Wildman–Crippen MR) is 74.3 cm³/mol. The van der Waals surface area contributed by atoms with Gasteiger partial charge in [-0.2, -0.15) is 0 Å². The molecule has 92 valence electrons. The molecule has 2 aliphatic rings. The maximum Gasteiger partial charge on any atom is 0.129 e. The molecule has 1 saturated carbocycles. The minimum Gasteiger partial charge on any atom is -0.355 e. The summed E-state index contributed by atoms with van der Waals surface area (Å²) in [7, 11) is 0. The predicted octanol–water partition coefficient (Wildman–Crippen LogP) is 4.00. The number of hydrogen-bond acceptors (Lipinski definition) is 2. The zero-order valence-electron chi connectivity index (χ0n) is 10.2. The third kappa shape index (κ3) is 2.35. The first-order valence-corrected chi connectivity index (χ1v) is 7.43. The number of aromatic nitrogens is 1. The lowest BCUT2D eigenvalue weighted by Gasteiger charge is -2.51. The summed E-state index contributed by atoms with van der Waals surface area (Å²) in [5.74, 6) is 1.13. The molecule has 3 rings (SSSR count). The first-order valence-electron chi connectivity index (χ1n) is 6.64. The van der Waals surface area contributed by atoms with E-state index >= 15 is 0 Å². The number of rotatable bonds is 1. The van der Waals surface area contributed by atoms with Crippen LogP contribution in [0.3, 0.4) is 0 Å². The van der Waals surface area contributed by atoms with Gasteiger partial charge < -0.3 is 4.90 Å². The Morgan fingerprint density at radius 3 is 2.47 bits per heavy atom. The van der Waals surface area contributed by atoms with E-state index in [2.05, 4.69) is 31.9 Å². The zero-order valence-corrected chi connectivity index (χ0v) is 11.7. The summed E-state index contributed by atoms with van der Waals surface area (Å²) >= 11 is 3.52. The van der Waals surface area contributed by atoms with Gasteiger partial charge in [0.05, 0.1) is 0 Å². The van der Waals surface area contributed by atoms with Crippen LogP contribution in [0.25, 0.3) is 0 Å². The molecule has 2 heterocycles. The number of hydrogen-bond donors (Lipinski definition) is 0. The Morgan fingerprint density at radius 1 is 1.12 bits per heavy atom. The number of halogens is 1. The largest absolute Gasteiger partial charge is 0.355 e. The molecule has 0 aromatic carbocycles. The van der Waals surface area contributed by atoms with Gasteiger partial charge in [-0.05, 0) is 25.0 Å². The second kappa shape index (κ2) is 4.60. The van der Waals surface area contributed by atoms with E-state index in [1.807, 2.05) is 12.3 Å². The summed E-state index contributed by atoms with van der Waals surface area (Å²) in [4.78, 5) is 6.89. The molecule has 1 spiro atoms. The standard InChI is InChI=1S/C14H19BrN2/c15-12-5-8-16-13(9-12)17-10-14(11-17)6-3-1-2-4-7-14/h5,8-9H,1-4,6-7,10-11H2. The highest BCUT2D eigenvalue weighted by atomic mass is 79.9. The molecule has 0 N–H and O–H groups in total. The maximum atomic E-state index is 4.46. The normalized spacial score (nSPS) is 23.2. The Kier molecular flexibility index (Phi) is 3.12. The molecule has 17 heavy (non-hydrogen) atoms. The summed E-state index contributed by atoms with van der Waals surface area (Å²) in [6, 6.07) is 4.12. The van der Waals surface area contributed by atoms with E-state index in [-0.39, 0.29) is 0 Å². The van der Waals surface area contributed by atoms with Gasteiger partial charge in [0.15, 0.2) is 0 Å². The lowest BCUT2D eigenvalue weighted by Crippen LogP contribution is -2.56. The average molecular weight is 295 g/mol. The smallest absolute Gasteiger partial charge is 0.129 e. The number of nitrogens with zero attached hydrogens (tertiary/aromatic N) is 2. The minimum atomic E-state index is 0.625. The van der Waals surface area contributed by atoms with Crippen molar-refractivity contribution in [2.45, 2.75) is 38.5 Å². The van der Waals surface area contributed by atoms with Gasteiger partial charge in [-0.15, -0.1) is 0 Å². The van der Waals surface area contributed by atoms with Crippen LogP contribution < -0.4 is 4.90 Å². The maximum absolute atomic E-state index is 4.46. The quantitative estimate of drug-likeness (QED) is 0.778. The van der Waals surface area contributed by atoms with Crippen LogP contribution in [0.4, 0.5) is 5.82 Å². The number of anilines is 1. The van der Waals surface area contributed by atoms with Crippen molar-refractivity contribution in [3.8, 4) is 0 Å². The van der Waals surface area contributed by atoms with Gasteiger partial charge in [-0.25, -0.2) is 4.98 Å².